The number of halogens is 2. The first-order valence-electron chi connectivity index (χ1n) is 2.79. The van der Waals surface area contributed by atoms with Crippen LogP contribution in [0.15, 0.2) is 0 Å². The maximum absolute atomic E-state index is 10.7. The van der Waals surface area contributed by atoms with Gasteiger partial charge in [-0.1, -0.05) is 0 Å². The number of carbonyl (C=O) groups excluding carboxylic acids is 1. The van der Waals surface area contributed by atoms with Crippen molar-refractivity contribution in [1.29, 1.82) is 0 Å². The number of hydrogen-bond acceptors (Lipinski definition) is 2. The summed E-state index contributed by atoms with van der Waals surface area (Å²) in [5.41, 5.74) is 0. The molecule has 10 heavy (non-hydrogen) atoms. The van der Waals surface area contributed by atoms with E-state index in [-0.39, 0.29) is 12.0 Å². The minimum Gasteiger partial charge on any atom is -0.450 e. The molecule has 0 aliphatic rings. The summed E-state index contributed by atoms with van der Waals surface area (Å²) in [5.74, 6) is 0. The summed E-state index contributed by atoms with van der Waals surface area (Å²) >= 11 is 10.7. The predicted octanol–water partition coefficient (Wildman–Crippen LogP) is 1.84. The lowest BCUT2D eigenvalue weighted by atomic mass is 10.8. The fourth-order valence-corrected chi connectivity index (χ4v) is 0.795. The van der Waals surface area contributed by atoms with E-state index in [4.69, 9.17) is 23.2 Å². The number of amides is 1. The number of hydrogen-bond donors (Lipinski definition) is 0. The van der Waals surface area contributed by atoms with Crippen molar-refractivity contribution in [2.45, 2.75) is 6.92 Å². The summed E-state index contributed by atoms with van der Waals surface area (Å²) in [5, 5.41) is 0. The molecule has 0 aromatic rings. The summed E-state index contributed by atoms with van der Waals surface area (Å²) in [7, 11) is 0. The molecule has 0 aromatic carbocycles. The Bertz CT molecular complexity index is 106. The van der Waals surface area contributed by atoms with Crippen molar-refractivity contribution < 1.29 is 9.53 Å². The third-order valence-electron chi connectivity index (χ3n) is 0.815. The monoisotopic (exact) mass is 185 g/mol. The SMILES string of the molecule is CCOC(=O)N(CCl)CCl. The van der Waals surface area contributed by atoms with E-state index in [2.05, 4.69) is 4.74 Å². The van der Waals surface area contributed by atoms with Crippen LogP contribution in [0, 0.1) is 0 Å². The first-order valence-corrected chi connectivity index (χ1v) is 3.86. The topological polar surface area (TPSA) is 29.5 Å². The van der Waals surface area contributed by atoms with E-state index >= 15 is 0 Å². The highest BCUT2D eigenvalue weighted by molar-refractivity contribution is 6.21. The molecule has 0 fully saturated rings. The second kappa shape index (κ2) is 5.62. The van der Waals surface area contributed by atoms with Crippen LogP contribution in [-0.2, 0) is 4.74 Å². The van der Waals surface area contributed by atoms with Crippen LogP contribution in [0.25, 0.3) is 0 Å². The maximum Gasteiger partial charge on any atom is 0.411 e. The molecule has 0 spiro atoms. The summed E-state index contributed by atoms with van der Waals surface area (Å²) in [6.07, 6.45) is -0.479. The Labute approximate surface area is 69.8 Å². The highest BCUT2D eigenvalue weighted by atomic mass is 35.5. The average Bonchev–Trinajstić information content (AvgIpc) is 1.91. The zero-order chi connectivity index (χ0) is 7.98. The highest BCUT2D eigenvalue weighted by Gasteiger charge is 2.10. The summed E-state index contributed by atoms with van der Waals surface area (Å²) < 4.78 is 4.60. The molecule has 0 unspecified atom stereocenters. The van der Waals surface area contributed by atoms with Gasteiger partial charge in [-0.2, -0.15) is 0 Å². The van der Waals surface area contributed by atoms with Gasteiger partial charge in [0.05, 0.1) is 6.61 Å². The lowest BCUT2D eigenvalue weighted by Gasteiger charge is -2.14. The highest BCUT2D eigenvalue weighted by Crippen LogP contribution is 1.97. The van der Waals surface area contributed by atoms with Gasteiger partial charge in [0.2, 0.25) is 0 Å². The van der Waals surface area contributed by atoms with E-state index in [0.717, 1.165) is 0 Å². The zero-order valence-corrected chi connectivity index (χ0v) is 7.15. The van der Waals surface area contributed by atoms with Gasteiger partial charge >= 0.3 is 6.09 Å². The van der Waals surface area contributed by atoms with Crippen LogP contribution in [0.2, 0.25) is 0 Å². The van der Waals surface area contributed by atoms with Crippen LogP contribution in [-0.4, -0.2) is 29.6 Å². The molecule has 0 aliphatic carbocycles. The van der Waals surface area contributed by atoms with Crippen LogP contribution in [0.3, 0.4) is 0 Å². The van der Waals surface area contributed by atoms with Crippen molar-refractivity contribution in [3.05, 3.63) is 0 Å². The number of nitrogens with zero attached hydrogens (tertiary/aromatic N) is 1. The lowest BCUT2D eigenvalue weighted by molar-refractivity contribution is 0.119. The van der Waals surface area contributed by atoms with E-state index < -0.39 is 6.09 Å². The molecular formula is C5H9Cl2NO2. The molecular weight excluding hydrogens is 177 g/mol. The van der Waals surface area contributed by atoms with Crippen LogP contribution in [0.1, 0.15) is 6.92 Å². The second-order valence-electron chi connectivity index (χ2n) is 1.48. The minimum atomic E-state index is -0.479. The molecule has 0 bridgehead atoms. The van der Waals surface area contributed by atoms with E-state index in [0.29, 0.717) is 6.61 Å². The lowest BCUT2D eigenvalue weighted by Crippen LogP contribution is -2.29. The van der Waals surface area contributed by atoms with E-state index in [9.17, 15) is 4.79 Å². The molecule has 0 atom stereocenters. The molecule has 0 aromatic heterocycles. The van der Waals surface area contributed by atoms with Crippen LogP contribution in [0.5, 0.6) is 0 Å². The number of rotatable bonds is 3. The molecule has 0 rings (SSSR count). The van der Waals surface area contributed by atoms with E-state index in [1.54, 1.807) is 6.92 Å². The maximum atomic E-state index is 10.7. The van der Waals surface area contributed by atoms with Gasteiger partial charge in [0.15, 0.2) is 0 Å². The van der Waals surface area contributed by atoms with Gasteiger partial charge in [-0.25, -0.2) is 4.79 Å². The first kappa shape index (κ1) is 9.85. The molecule has 0 N–H and O–H groups in total. The predicted molar refractivity (Wildman–Crippen MR) is 40.3 cm³/mol. The Morgan fingerprint density at radius 1 is 1.50 bits per heavy atom. The van der Waals surface area contributed by atoms with Crippen LogP contribution < -0.4 is 0 Å². The van der Waals surface area contributed by atoms with Crippen molar-refractivity contribution in [3.63, 3.8) is 0 Å². The number of carbonyl (C=O) groups is 1. The molecule has 60 valence electrons. The standard InChI is InChI=1S/C5H9Cl2NO2/c1-2-10-5(9)8(3-6)4-7/h2-4H2,1H3. The molecule has 5 heteroatoms. The van der Waals surface area contributed by atoms with Crippen molar-refractivity contribution in [2.24, 2.45) is 0 Å². The summed E-state index contributed by atoms with van der Waals surface area (Å²) in [6, 6.07) is 0.116. The van der Waals surface area contributed by atoms with Gasteiger partial charge in [-0.3, -0.25) is 4.90 Å². The second-order valence-corrected chi connectivity index (χ2v) is 1.96. The van der Waals surface area contributed by atoms with Crippen molar-refractivity contribution in [2.75, 3.05) is 18.6 Å². The van der Waals surface area contributed by atoms with Crippen LogP contribution >= 0.6 is 23.2 Å². The molecule has 0 radical (unpaired) electrons. The molecule has 0 aliphatic heterocycles. The Hall–Kier alpha value is -0.150. The number of ether oxygens (including phenoxy) is 1. The van der Waals surface area contributed by atoms with Gasteiger partial charge in [-0.05, 0) is 6.92 Å². The first-order chi connectivity index (χ1) is 4.76. The summed E-state index contributed by atoms with van der Waals surface area (Å²) in [6.45, 7) is 2.06. The molecule has 0 saturated carbocycles. The quantitative estimate of drug-likeness (QED) is 0.497. The molecule has 0 saturated heterocycles. The molecule has 1 amide bonds. The van der Waals surface area contributed by atoms with E-state index in [1.165, 1.54) is 4.90 Å². The number of alkyl halides is 2. The van der Waals surface area contributed by atoms with Gasteiger partial charge in [0.25, 0.3) is 0 Å². The minimum absolute atomic E-state index is 0.0579. The fourth-order valence-electron chi connectivity index (χ4n) is 0.344. The fraction of sp³-hybridized carbons (Fsp3) is 0.800. The normalized spacial score (nSPS) is 9.10. The van der Waals surface area contributed by atoms with Crippen molar-refractivity contribution in [1.82, 2.24) is 4.90 Å². The van der Waals surface area contributed by atoms with Gasteiger partial charge in [0.1, 0.15) is 12.0 Å². The zero-order valence-electron chi connectivity index (χ0n) is 5.64. The third-order valence-corrected chi connectivity index (χ3v) is 1.39. The average molecular weight is 186 g/mol. The third kappa shape index (κ3) is 3.13. The Morgan fingerprint density at radius 2 is 2.00 bits per heavy atom. The van der Waals surface area contributed by atoms with Crippen molar-refractivity contribution in [3.8, 4) is 0 Å². The Balaban J connectivity index is 3.65. The Morgan fingerprint density at radius 3 is 2.30 bits per heavy atom. The Kier molecular flexibility index (Phi) is 5.54. The summed E-state index contributed by atoms with van der Waals surface area (Å²) in [4.78, 5) is 11.9. The largest absolute Gasteiger partial charge is 0.450 e. The van der Waals surface area contributed by atoms with Gasteiger partial charge in [-0.15, -0.1) is 23.2 Å². The van der Waals surface area contributed by atoms with Gasteiger partial charge < -0.3 is 4.74 Å². The molecule has 0 heterocycles. The molecule has 3 nitrogen and oxygen atoms in total. The van der Waals surface area contributed by atoms with Crippen LogP contribution in [0.4, 0.5) is 4.79 Å². The smallest absolute Gasteiger partial charge is 0.411 e. The van der Waals surface area contributed by atoms with Gasteiger partial charge in [0, 0.05) is 0 Å². The van der Waals surface area contributed by atoms with E-state index in [1.807, 2.05) is 0 Å². The van der Waals surface area contributed by atoms with Crippen molar-refractivity contribution >= 4 is 29.3 Å².